The molecule has 1 aromatic heterocycles. The zero-order valence-corrected chi connectivity index (χ0v) is 14.4. The van der Waals surface area contributed by atoms with E-state index >= 15 is 0 Å². The fourth-order valence-corrected chi connectivity index (χ4v) is 3.75. The Bertz CT molecular complexity index is 430. The Balaban J connectivity index is 2.31. The van der Waals surface area contributed by atoms with E-state index in [-0.39, 0.29) is 5.54 Å². The Hall–Kier alpha value is -0.870. The molecule has 4 heteroatoms. The highest BCUT2D eigenvalue weighted by Crippen LogP contribution is 2.43. The lowest BCUT2D eigenvalue weighted by Crippen LogP contribution is -2.55. The predicted molar refractivity (Wildman–Crippen MR) is 88.3 cm³/mol. The maximum absolute atomic E-state index is 4.40. The number of hydrogen-bond acceptors (Lipinski definition) is 3. The molecule has 1 aliphatic rings. The summed E-state index contributed by atoms with van der Waals surface area (Å²) >= 11 is 0. The molecule has 1 N–H and O–H groups in total. The van der Waals surface area contributed by atoms with Crippen LogP contribution in [0.15, 0.2) is 12.4 Å². The summed E-state index contributed by atoms with van der Waals surface area (Å²) in [6, 6.07) is 0.369. The van der Waals surface area contributed by atoms with Gasteiger partial charge in [-0.25, -0.2) is 0 Å². The molecule has 1 heterocycles. The highest BCUT2D eigenvalue weighted by atomic mass is 15.3. The Labute approximate surface area is 129 Å². The molecule has 0 spiro atoms. The number of likely N-dealkylation sites (N-methyl/N-ethyl adjacent to an activating group) is 1. The SMILES string of the molecule is CCCNC(c1cnn(C)c1)C1(N(C)C)CCC(C)CC1. The Morgan fingerprint density at radius 3 is 2.57 bits per heavy atom. The minimum absolute atomic E-state index is 0.213. The lowest BCUT2D eigenvalue weighted by atomic mass is 9.70. The number of aryl methyl sites for hydroxylation is 1. The molecule has 21 heavy (non-hydrogen) atoms. The van der Waals surface area contributed by atoms with E-state index in [0.717, 1.165) is 18.9 Å². The fraction of sp³-hybridized carbons (Fsp3) is 0.824. The molecule has 1 atom stereocenters. The molecule has 1 saturated carbocycles. The van der Waals surface area contributed by atoms with Crippen LogP contribution >= 0.6 is 0 Å². The molecule has 0 bridgehead atoms. The van der Waals surface area contributed by atoms with Gasteiger partial charge in [0.05, 0.1) is 12.2 Å². The Morgan fingerprint density at radius 2 is 2.10 bits per heavy atom. The second kappa shape index (κ2) is 6.93. The van der Waals surface area contributed by atoms with Crippen molar-refractivity contribution >= 4 is 0 Å². The van der Waals surface area contributed by atoms with E-state index in [1.807, 2.05) is 17.9 Å². The van der Waals surface area contributed by atoms with Gasteiger partial charge in [0.1, 0.15) is 0 Å². The van der Waals surface area contributed by atoms with Gasteiger partial charge in [-0.15, -0.1) is 0 Å². The van der Waals surface area contributed by atoms with Gasteiger partial charge in [-0.05, 0) is 58.7 Å². The van der Waals surface area contributed by atoms with Crippen LogP contribution in [0.25, 0.3) is 0 Å². The van der Waals surface area contributed by atoms with Crippen molar-refractivity contribution in [3.8, 4) is 0 Å². The summed E-state index contributed by atoms with van der Waals surface area (Å²) in [5.41, 5.74) is 1.54. The first-order chi connectivity index (χ1) is 9.99. The lowest BCUT2D eigenvalue weighted by molar-refractivity contribution is 0.0428. The molecule has 1 unspecified atom stereocenters. The minimum atomic E-state index is 0.213. The highest BCUT2D eigenvalue weighted by Gasteiger charge is 2.43. The van der Waals surface area contributed by atoms with E-state index in [1.165, 1.54) is 31.2 Å². The zero-order chi connectivity index (χ0) is 15.5. The quantitative estimate of drug-likeness (QED) is 0.875. The standard InChI is InChI=1S/C17H32N4/c1-6-11-18-16(15-12-19-21(5)13-15)17(20(3)4)9-7-14(2)8-10-17/h12-14,16,18H,6-11H2,1-5H3. The fourth-order valence-electron chi connectivity index (χ4n) is 3.75. The lowest BCUT2D eigenvalue weighted by Gasteiger charge is -2.50. The van der Waals surface area contributed by atoms with E-state index in [1.54, 1.807) is 0 Å². The molecule has 1 aliphatic carbocycles. The summed E-state index contributed by atoms with van der Waals surface area (Å²) in [7, 11) is 6.49. The van der Waals surface area contributed by atoms with E-state index < -0.39 is 0 Å². The summed E-state index contributed by atoms with van der Waals surface area (Å²) in [6.45, 7) is 5.68. The number of hydrogen-bond donors (Lipinski definition) is 1. The molecule has 2 rings (SSSR count). The molecular weight excluding hydrogens is 260 g/mol. The maximum Gasteiger partial charge on any atom is 0.0538 e. The van der Waals surface area contributed by atoms with E-state index in [2.05, 4.69) is 49.5 Å². The van der Waals surface area contributed by atoms with Crippen LogP contribution in [0.5, 0.6) is 0 Å². The van der Waals surface area contributed by atoms with Gasteiger partial charge < -0.3 is 10.2 Å². The van der Waals surface area contributed by atoms with Crippen molar-refractivity contribution in [2.45, 2.75) is 57.5 Å². The van der Waals surface area contributed by atoms with Gasteiger partial charge in [0.2, 0.25) is 0 Å². The molecule has 0 aromatic carbocycles. The van der Waals surface area contributed by atoms with Crippen LogP contribution in [-0.2, 0) is 7.05 Å². The third kappa shape index (κ3) is 3.49. The Kier molecular flexibility index (Phi) is 5.44. The van der Waals surface area contributed by atoms with Crippen molar-refractivity contribution in [3.05, 3.63) is 18.0 Å². The van der Waals surface area contributed by atoms with Gasteiger partial charge in [0, 0.05) is 24.3 Å². The molecule has 1 fully saturated rings. The summed E-state index contributed by atoms with van der Waals surface area (Å²) in [5, 5.41) is 8.21. The van der Waals surface area contributed by atoms with Crippen LogP contribution in [0, 0.1) is 5.92 Å². The smallest absolute Gasteiger partial charge is 0.0538 e. The van der Waals surface area contributed by atoms with Gasteiger partial charge in [-0.2, -0.15) is 5.10 Å². The molecule has 1 aromatic rings. The van der Waals surface area contributed by atoms with E-state index in [9.17, 15) is 0 Å². The number of aromatic nitrogens is 2. The first kappa shape index (κ1) is 16.5. The topological polar surface area (TPSA) is 33.1 Å². The number of rotatable bonds is 6. The predicted octanol–water partition coefficient (Wildman–Crippen LogP) is 2.97. The van der Waals surface area contributed by atoms with Gasteiger partial charge >= 0.3 is 0 Å². The van der Waals surface area contributed by atoms with Crippen molar-refractivity contribution in [3.63, 3.8) is 0 Å². The van der Waals surface area contributed by atoms with Crippen molar-refractivity contribution in [1.82, 2.24) is 20.0 Å². The second-order valence-corrected chi connectivity index (χ2v) is 7.01. The van der Waals surface area contributed by atoms with Crippen LogP contribution in [0.2, 0.25) is 0 Å². The average Bonchev–Trinajstić information content (AvgIpc) is 2.87. The van der Waals surface area contributed by atoms with Crippen molar-refractivity contribution in [1.29, 1.82) is 0 Å². The first-order valence-corrected chi connectivity index (χ1v) is 8.39. The van der Waals surface area contributed by atoms with Crippen LogP contribution < -0.4 is 5.32 Å². The Morgan fingerprint density at radius 1 is 1.43 bits per heavy atom. The van der Waals surface area contributed by atoms with Crippen molar-refractivity contribution in [2.24, 2.45) is 13.0 Å². The van der Waals surface area contributed by atoms with Crippen molar-refractivity contribution in [2.75, 3.05) is 20.6 Å². The molecule has 4 nitrogen and oxygen atoms in total. The van der Waals surface area contributed by atoms with Gasteiger partial charge in [-0.1, -0.05) is 13.8 Å². The second-order valence-electron chi connectivity index (χ2n) is 7.01. The number of nitrogens with zero attached hydrogens (tertiary/aromatic N) is 3. The number of nitrogens with one attached hydrogen (secondary N) is 1. The maximum atomic E-state index is 4.40. The summed E-state index contributed by atoms with van der Waals surface area (Å²) in [4.78, 5) is 2.46. The monoisotopic (exact) mass is 292 g/mol. The minimum Gasteiger partial charge on any atom is -0.308 e. The molecule has 0 radical (unpaired) electrons. The van der Waals surface area contributed by atoms with E-state index in [0.29, 0.717) is 6.04 Å². The van der Waals surface area contributed by atoms with Gasteiger partial charge in [0.15, 0.2) is 0 Å². The van der Waals surface area contributed by atoms with Crippen LogP contribution in [0.4, 0.5) is 0 Å². The highest BCUT2D eigenvalue weighted by molar-refractivity contribution is 5.19. The summed E-state index contributed by atoms with van der Waals surface area (Å²) in [5.74, 6) is 0.860. The third-order valence-electron chi connectivity index (χ3n) is 5.22. The molecule has 120 valence electrons. The van der Waals surface area contributed by atoms with Gasteiger partial charge in [-0.3, -0.25) is 4.68 Å². The molecule has 0 aliphatic heterocycles. The average molecular weight is 292 g/mol. The van der Waals surface area contributed by atoms with Gasteiger partial charge in [0.25, 0.3) is 0 Å². The molecule has 0 saturated heterocycles. The normalized spacial score (nSPS) is 28.0. The van der Waals surface area contributed by atoms with Crippen LogP contribution in [0.3, 0.4) is 0 Å². The molecule has 0 amide bonds. The largest absolute Gasteiger partial charge is 0.308 e. The first-order valence-electron chi connectivity index (χ1n) is 8.39. The van der Waals surface area contributed by atoms with Crippen molar-refractivity contribution < 1.29 is 0 Å². The van der Waals surface area contributed by atoms with E-state index in [4.69, 9.17) is 0 Å². The summed E-state index contributed by atoms with van der Waals surface area (Å²) in [6.07, 6.45) is 10.5. The third-order valence-corrected chi connectivity index (χ3v) is 5.22. The van der Waals surface area contributed by atoms with Crippen LogP contribution in [-0.4, -0.2) is 40.9 Å². The zero-order valence-electron chi connectivity index (χ0n) is 14.4. The molecular formula is C17H32N4. The van der Waals surface area contributed by atoms with Crippen LogP contribution in [0.1, 0.15) is 57.6 Å². The summed E-state index contributed by atoms with van der Waals surface area (Å²) < 4.78 is 1.92.